The van der Waals surface area contributed by atoms with Crippen molar-refractivity contribution in [3.63, 3.8) is 0 Å². The zero-order chi connectivity index (χ0) is 17.9. The van der Waals surface area contributed by atoms with Crippen LogP contribution in [0.5, 0.6) is 0 Å². The second-order valence-electron chi connectivity index (χ2n) is 6.27. The van der Waals surface area contributed by atoms with E-state index in [1.54, 1.807) is 24.3 Å². The number of nitrogens with zero attached hydrogens (tertiary/aromatic N) is 4. The second kappa shape index (κ2) is 7.47. The van der Waals surface area contributed by atoms with E-state index in [2.05, 4.69) is 19.4 Å². The third-order valence-electron chi connectivity index (χ3n) is 4.59. The number of hydrogen-bond acceptors (Lipinski definition) is 5. The molecule has 4 rings (SSSR count). The predicted molar refractivity (Wildman–Crippen MR) is 99.2 cm³/mol. The molecule has 1 saturated heterocycles. The monoisotopic (exact) mass is 372 g/mol. The van der Waals surface area contributed by atoms with Gasteiger partial charge in [-0.25, -0.2) is 8.78 Å². The average Bonchev–Trinajstić information content (AvgIpc) is 3.11. The minimum atomic E-state index is -0.254. The Morgan fingerprint density at radius 2 is 1.77 bits per heavy atom. The standard InChI is InChI=1S/C19H18F2N4S/c20-14-4-3-5-15(12-14)25-10-8-24(9-11-25)13-18-19(26-23-22-18)16-6-1-2-7-17(16)21/h1-7,12H,8-11,13H2. The highest BCUT2D eigenvalue weighted by molar-refractivity contribution is 7.09. The molecule has 1 aliphatic heterocycles. The van der Waals surface area contributed by atoms with Crippen molar-refractivity contribution in [2.45, 2.75) is 6.54 Å². The van der Waals surface area contributed by atoms with Crippen LogP contribution in [0.15, 0.2) is 48.5 Å². The van der Waals surface area contributed by atoms with Crippen LogP contribution in [0.3, 0.4) is 0 Å². The van der Waals surface area contributed by atoms with Crippen LogP contribution in [0.1, 0.15) is 5.69 Å². The molecule has 0 bridgehead atoms. The lowest BCUT2D eigenvalue weighted by molar-refractivity contribution is 0.247. The molecule has 0 spiro atoms. The van der Waals surface area contributed by atoms with Crippen molar-refractivity contribution in [1.29, 1.82) is 0 Å². The zero-order valence-electron chi connectivity index (χ0n) is 14.1. The van der Waals surface area contributed by atoms with Crippen LogP contribution in [0.25, 0.3) is 10.4 Å². The van der Waals surface area contributed by atoms with Crippen LogP contribution in [0, 0.1) is 11.6 Å². The van der Waals surface area contributed by atoms with Crippen LogP contribution in [-0.4, -0.2) is 40.7 Å². The van der Waals surface area contributed by atoms with E-state index in [9.17, 15) is 8.78 Å². The Bertz CT molecular complexity index is 891. The first-order valence-electron chi connectivity index (χ1n) is 8.50. The summed E-state index contributed by atoms with van der Waals surface area (Å²) >= 11 is 1.22. The maximum absolute atomic E-state index is 14.1. The number of benzene rings is 2. The molecule has 0 N–H and O–H groups in total. The molecule has 1 aromatic heterocycles. The Kier molecular flexibility index (Phi) is 4.90. The van der Waals surface area contributed by atoms with E-state index in [1.807, 2.05) is 12.1 Å². The molecule has 2 heterocycles. The van der Waals surface area contributed by atoms with Crippen molar-refractivity contribution in [1.82, 2.24) is 14.5 Å². The molecule has 0 saturated carbocycles. The zero-order valence-corrected chi connectivity index (χ0v) is 14.9. The first-order chi connectivity index (χ1) is 12.7. The minimum absolute atomic E-state index is 0.215. The summed E-state index contributed by atoms with van der Waals surface area (Å²) in [7, 11) is 0. The van der Waals surface area contributed by atoms with Crippen molar-refractivity contribution >= 4 is 17.2 Å². The molecule has 0 atom stereocenters. The summed E-state index contributed by atoms with van der Waals surface area (Å²) in [5.74, 6) is -0.469. The Morgan fingerprint density at radius 1 is 0.962 bits per heavy atom. The molecular formula is C19H18F2N4S. The third-order valence-corrected chi connectivity index (χ3v) is 5.39. The van der Waals surface area contributed by atoms with Gasteiger partial charge < -0.3 is 4.90 Å². The van der Waals surface area contributed by atoms with Gasteiger partial charge in [-0.3, -0.25) is 4.90 Å². The van der Waals surface area contributed by atoms with E-state index in [0.29, 0.717) is 12.1 Å². The fourth-order valence-corrected chi connectivity index (χ4v) is 3.91. The van der Waals surface area contributed by atoms with Gasteiger partial charge in [0.15, 0.2) is 0 Å². The van der Waals surface area contributed by atoms with E-state index >= 15 is 0 Å². The fraction of sp³-hybridized carbons (Fsp3) is 0.263. The SMILES string of the molecule is Fc1cccc(N2CCN(Cc3nnsc3-c3ccccc3F)CC2)c1. The maximum atomic E-state index is 14.1. The quantitative estimate of drug-likeness (QED) is 0.697. The maximum Gasteiger partial charge on any atom is 0.131 e. The highest BCUT2D eigenvalue weighted by Gasteiger charge is 2.21. The van der Waals surface area contributed by atoms with Gasteiger partial charge in [-0.15, -0.1) is 5.10 Å². The first-order valence-corrected chi connectivity index (χ1v) is 9.27. The largest absolute Gasteiger partial charge is 0.369 e. The summed E-state index contributed by atoms with van der Waals surface area (Å²) in [6.45, 7) is 3.94. The Hall–Kier alpha value is -2.38. The molecule has 1 aliphatic rings. The summed E-state index contributed by atoms with van der Waals surface area (Å²) in [6, 6.07) is 13.4. The van der Waals surface area contributed by atoms with Gasteiger partial charge in [0.05, 0.1) is 10.6 Å². The van der Waals surface area contributed by atoms with Crippen LogP contribution in [-0.2, 0) is 6.54 Å². The second-order valence-corrected chi connectivity index (χ2v) is 7.03. The number of halogens is 2. The first kappa shape index (κ1) is 17.1. The van der Waals surface area contributed by atoms with E-state index in [1.165, 1.54) is 23.7 Å². The normalized spacial score (nSPS) is 15.4. The summed E-state index contributed by atoms with van der Waals surface area (Å²) in [4.78, 5) is 5.24. The molecule has 4 nitrogen and oxygen atoms in total. The van der Waals surface area contributed by atoms with Crippen LogP contribution in [0.2, 0.25) is 0 Å². The van der Waals surface area contributed by atoms with E-state index in [4.69, 9.17) is 0 Å². The van der Waals surface area contributed by atoms with E-state index < -0.39 is 0 Å². The van der Waals surface area contributed by atoms with Gasteiger partial charge in [0.1, 0.15) is 11.6 Å². The summed E-state index contributed by atoms with van der Waals surface area (Å²) < 4.78 is 31.5. The van der Waals surface area contributed by atoms with E-state index in [0.717, 1.165) is 42.4 Å². The van der Waals surface area contributed by atoms with Crippen molar-refractivity contribution < 1.29 is 8.78 Å². The fourth-order valence-electron chi connectivity index (χ4n) is 3.21. The molecule has 0 radical (unpaired) electrons. The van der Waals surface area contributed by atoms with Gasteiger partial charge >= 0.3 is 0 Å². The Balaban J connectivity index is 1.43. The smallest absolute Gasteiger partial charge is 0.131 e. The van der Waals surface area contributed by atoms with Crippen LogP contribution >= 0.6 is 11.5 Å². The number of aromatic nitrogens is 2. The summed E-state index contributed by atoms with van der Waals surface area (Å²) in [6.07, 6.45) is 0. The van der Waals surface area contributed by atoms with Crippen molar-refractivity contribution in [2.24, 2.45) is 0 Å². The molecule has 3 aromatic rings. The minimum Gasteiger partial charge on any atom is -0.369 e. The highest BCUT2D eigenvalue weighted by atomic mass is 32.1. The molecule has 0 amide bonds. The lowest BCUT2D eigenvalue weighted by Crippen LogP contribution is -2.46. The molecular weight excluding hydrogens is 354 g/mol. The topological polar surface area (TPSA) is 32.3 Å². The van der Waals surface area contributed by atoms with Gasteiger partial charge in [0.25, 0.3) is 0 Å². The summed E-state index contributed by atoms with van der Waals surface area (Å²) in [5, 5.41) is 4.21. The van der Waals surface area contributed by atoms with E-state index in [-0.39, 0.29) is 11.6 Å². The van der Waals surface area contributed by atoms with Crippen molar-refractivity contribution in [3.05, 3.63) is 65.9 Å². The Morgan fingerprint density at radius 3 is 2.54 bits per heavy atom. The lowest BCUT2D eigenvalue weighted by Gasteiger charge is -2.35. The number of piperazine rings is 1. The Labute approximate surface area is 154 Å². The molecule has 0 unspecified atom stereocenters. The van der Waals surface area contributed by atoms with Crippen molar-refractivity contribution in [3.8, 4) is 10.4 Å². The van der Waals surface area contributed by atoms with Crippen LogP contribution in [0.4, 0.5) is 14.5 Å². The predicted octanol–water partition coefficient (Wildman–Crippen LogP) is 3.81. The molecule has 0 aliphatic carbocycles. The van der Waals surface area contributed by atoms with Gasteiger partial charge in [0, 0.05) is 44.0 Å². The van der Waals surface area contributed by atoms with Gasteiger partial charge in [0.2, 0.25) is 0 Å². The third kappa shape index (κ3) is 3.59. The lowest BCUT2D eigenvalue weighted by atomic mass is 10.1. The molecule has 1 fully saturated rings. The average molecular weight is 372 g/mol. The van der Waals surface area contributed by atoms with Crippen LogP contribution < -0.4 is 4.90 Å². The van der Waals surface area contributed by atoms with Gasteiger partial charge in [-0.2, -0.15) is 0 Å². The van der Waals surface area contributed by atoms with Gasteiger partial charge in [-0.05, 0) is 35.8 Å². The van der Waals surface area contributed by atoms with Gasteiger partial charge in [-0.1, -0.05) is 28.8 Å². The number of anilines is 1. The number of hydrogen-bond donors (Lipinski definition) is 0. The number of rotatable bonds is 4. The summed E-state index contributed by atoms with van der Waals surface area (Å²) in [5.41, 5.74) is 2.27. The highest BCUT2D eigenvalue weighted by Crippen LogP contribution is 2.29. The molecule has 134 valence electrons. The molecule has 2 aromatic carbocycles. The molecule has 7 heteroatoms. The van der Waals surface area contributed by atoms with Crippen molar-refractivity contribution in [2.75, 3.05) is 31.1 Å². The molecule has 26 heavy (non-hydrogen) atoms.